The lowest BCUT2D eigenvalue weighted by Gasteiger charge is -2.23. The van der Waals surface area contributed by atoms with E-state index in [9.17, 15) is 9.59 Å². The summed E-state index contributed by atoms with van der Waals surface area (Å²) in [6.45, 7) is 0.606. The predicted molar refractivity (Wildman–Crippen MR) is 77.2 cm³/mol. The first-order chi connectivity index (χ1) is 9.60. The number of hydrogen-bond donors (Lipinski definition) is 3. The first-order valence-electron chi connectivity index (χ1n) is 6.62. The van der Waals surface area contributed by atoms with Gasteiger partial charge in [0.05, 0.1) is 12.3 Å². The van der Waals surface area contributed by atoms with Gasteiger partial charge in [0.1, 0.15) is 0 Å². The predicted octanol–water partition coefficient (Wildman–Crippen LogP) is 1.63. The van der Waals surface area contributed by atoms with Gasteiger partial charge in [-0.3, -0.25) is 9.59 Å². The zero-order valence-electron chi connectivity index (χ0n) is 11.1. The fourth-order valence-corrected chi connectivity index (χ4v) is 2.28. The van der Waals surface area contributed by atoms with Crippen molar-refractivity contribution >= 4 is 23.6 Å². The van der Waals surface area contributed by atoms with Gasteiger partial charge in [0, 0.05) is 5.69 Å². The van der Waals surface area contributed by atoms with Crippen molar-refractivity contribution in [3.05, 3.63) is 35.4 Å². The maximum absolute atomic E-state index is 11.9. The Balaban J connectivity index is 2.15. The highest BCUT2D eigenvalue weighted by atomic mass is 16.4. The second-order valence-electron chi connectivity index (χ2n) is 4.88. The topological polar surface area (TPSA) is 92.4 Å². The number of carbonyl (C=O) groups excluding carboxylic acids is 1. The van der Waals surface area contributed by atoms with Gasteiger partial charge >= 0.3 is 5.97 Å². The summed E-state index contributed by atoms with van der Waals surface area (Å²) in [6.07, 6.45) is 5.09. The van der Waals surface area contributed by atoms with Crippen LogP contribution in [-0.4, -0.2) is 23.5 Å². The number of anilines is 1. The van der Waals surface area contributed by atoms with E-state index in [1.54, 1.807) is 0 Å². The van der Waals surface area contributed by atoms with Crippen molar-refractivity contribution in [1.29, 1.82) is 0 Å². The van der Waals surface area contributed by atoms with E-state index in [2.05, 4.69) is 5.32 Å². The van der Waals surface area contributed by atoms with Crippen LogP contribution in [0.3, 0.4) is 0 Å². The molecule has 0 spiro atoms. The number of carbonyl (C=O) groups is 2. The van der Waals surface area contributed by atoms with Crippen LogP contribution in [0.1, 0.15) is 24.0 Å². The lowest BCUT2D eigenvalue weighted by Crippen LogP contribution is -2.31. The summed E-state index contributed by atoms with van der Waals surface area (Å²) in [7, 11) is 0. The third kappa shape index (κ3) is 3.45. The Hall–Kier alpha value is -2.14. The minimum absolute atomic E-state index is 0.135. The number of amides is 1. The Morgan fingerprint density at radius 3 is 3.00 bits per heavy atom. The average Bonchev–Trinajstić information content (AvgIpc) is 2.39. The van der Waals surface area contributed by atoms with E-state index in [0.29, 0.717) is 13.0 Å². The Bertz CT molecular complexity index is 552. The van der Waals surface area contributed by atoms with Gasteiger partial charge in [-0.15, -0.1) is 0 Å². The molecule has 0 radical (unpaired) electrons. The van der Waals surface area contributed by atoms with Crippen LogP contribution >= 0.6 is 0 Å². The number of fused-ring (bicyclic) bond motifs is 1. The van der Waals surface area contributed by atoms with E-state index >= 15 is 0 Å². The molecule has 0 aliphatic carbocycles. The summed E-state index contributed by atoms with van der Waals surface area (Å²) in [6, 6.07) is 5.80. The van der Waals surface area contributed by atoms with Crippen LogP contribution in [0, 0.1) is 5.92 Å². The molecule has 1 aliphatic heterocycles. The summed E-state index contributed by atoms with van der Waals surface area (Å²) in [5, 5.41) is 11.6. The summed E-state index contributed by atoms with van der Waals surface area (Å²) in [5.41, 5.74) is 8.16. The third-order valence-electron chi connectivity index (χ3n) is 3.29. The third-order valence-corrected chi connectivity index (χ3v) is 3.29. The Morgan fingerprint density at radius 2 is 2.30 bits per heavy atom. The molecular formula is C15H18N2O3. The summed E-state index contributed by atoms with van der Waals surface area (Å²) >= 11 is 0. The first kappa shape index (κ1) is 14.3. The SMILES string of the molecule is NCC/C=C/c1ccc2c(c1)NC(=O)C(CC(=O)O)C2. The molecule has 0 aromatic heterocycles. The van der Waals surface area contributed by atoms with Crippen molar-refractivity contribution in [2.24, 2.45) is 11.7 Å². The molecule has 1 aromatic carbocycles. The van der Waals surface area contributed by atoms with Gasteiger partial charge in [-0.2, -0.15) is 0 Å². The van der Waals surface area contributed by atoms with E-state index in [1.807, 2.05) is 30.4 Å². The fourth-order valence-electron chi connectivity index (χ4n) is 2.28. The van der Waals surface area contributed by atoms with Crippen molar-refractivity contribution in [1.82, 2.24) is 0 Å². The molecule has 0 saturated carbocycles. The maximum Gasteiger partial charge on any atom is 0.304 e. The first-order valence-corrected chi connectivity index (χ1v) is 6.62. The van der Waals surface area contributed by atoms with Gasteiger partial charge in [0.25, 0.3) is 0 Å². The summed E-state index contributed by atoms with van der Waals surface area (Å²) < 4.78 is 0. The van der Waals surface area contributed by atoms with Crippen molar-refractivity contribution in [2.75, 3.05) is 11.9 Å². The van der Waals surface area contributed by atoms with Crippen LogP contribution in [0.5, 0.6) is 0 Å². The molecule has 5 nitrogen and oxygen atoms in total. The molecule has 1 amide bonds. The normalized spacial score (nSPS) is 17.9. The molecule has 1 aromatic rings. The molecule has 20 heavy (non-hydrogen) atoms. The number of benzene rings is 1. The molecule has 2 rings (SSSR count). The van der Waals surface area contributed by atoms with Crippen LogP contribution in [0.2, 0.25) is 0 Å². The number of carboxylic acids is 1. The molecule has 1 atom stereocenters. The monoisotopic (exact) mass is 274 g/mol. The number of nitrogens with one attached hydrogen (secondary N) is 1. The fraction of sp³-hybridized carbons (Fsp3) is 0.333. The number of carboxylic acid groups (broad SMARTS) is 1. The molecule has 0 saturated heterocycles. The zero-order chi connectivity index (χ0) is 14.5. The lowest BCUT2D eigenvalue weighted by molar-refractivity contribution is -0.140. The largest absolute Gasteiger partial charge is 0.481 e. The quantitative estimate of drug-likeness (QED) is 0.761. The van der Waals surface area contributed by atoms with E-state index in [-0.39, 0.29) is 12.3 Å². The van der Waals surface area contributed by atoms with Crippen molar-refractivity contribution < 1.29 is 14.7 Å². The van der Waals surface area contributed by atoms with Crippen LogP contribution in [0.25, 0.3) is 6.08 Å². The maximum atomic E-state index is 11.9. The van der Waals surface area contributed by atoms with Crippen molar-refractivity contribution in [3.63, 3.8) is 0 Å². The van der Waals surface area contributed by atoms with Crippen LogP contribution in [0.4, 0.5) is 5.69 Å². The van der Waals surface area contributed by atoms with E-state index in [1.165, 1.54) is 0 Å². The Labute approximate surface area is 117 Å². The second kappa shape index (κ2) is 6.34. The molecule has 1 unspecified atom stereocenters. The van der Waals surface area contributed by atoms with E-state index < -0.39 is 11.9 Å². The van der Waals surface area contributed by atoms with Gasteiger partial charge in [-0.1, -0.05) is 24.3 Å². The standard InChI is InChI=1S/C15H18N2O3/c16-6-2-1-3-10-4-5-11-8-12(9-14(18)19)15(20)17-13(11)7-10/h1,3-5,7,12H,2,6,8-9,16H2,(H,17,20)(H,18,19)/b3-1+. The van der Waals surface area contributed by atoms with Crippen LogP contribution in [0.15, 0.2) is 24.3 Å². The highest BCUT2D eigenvalue weighted by molar-refractivity contribution is 5.97. The van der Waals surface area contributed by atoms with Crippen LogP contribution < -0.4 is 11.1 Å². The molecule has 1 heterocycles. The Kier molecular flexibility index (Phi) is 4.53. The van der Waals surface area contributed by atoms with Crippen molar-refractivity contribution in [3.8, 4) is 0 Å². The van der Waals surface area contributed by atoms with Gasteiger partial charge in [-0.05, 0) is 36.6 Å². The molecule has 4 N–H and O–H groups in total. The number of rotatable bonds is 5. The highest BCUT2D eigenvalue weighted by Crippen LogP contribution is 2.28. The smallest absolute Gasteiger partial charge is 0.304 e. The molecule has 5 heteroatoms. The molecule has 1 aliphatic rings. The van der Waals surface area contributed by atoms with Gasteiger partial charge in [-0.25, -0.2) is 0 Å². The second-order valence-corrected chi connectivity index (χ2v) is 4.88. The number of hydrogen-bond acceptors (Lipinski definition) is 3. The minimum Gasteiger partial charge on any atom is -0.481 e. The minimum atomic E-state index is -0.949. The number of aliphatic carboxylic acids is 1. The molecule has 106 valence electrons. The Morgan fingerprint density at radius 1 is 1.50 bits per heavy atom. The number of nitrogens with two attached hydrogens (primary N) is 1. The lowest BCUT2D eigenvalue weighted by atomic mass is 9.90. The van der Waals surface area contributed by atoms with Crippen molar-refractivity contribution in [2.45, 2.75) is 19.3 Å². The highest BCUT2D eigenvalue weighted by Gasteiger charge is 2.27. The van der Waals surface area contributed by atoms with Crippen LogP contribution in [-0.2, 0) is 16.0 Å². The van der Waals surface area contributed by atoms with Gasteiger partial charge in [0.2, 0.25) is 5.91 Å². The summed E-state index contributed by atoms with van der Waals surface area (Å²) in [4.78, 5) is 22.6. The van der Waals surface area contributed by atoms with Gasteiger partial charge in [0.15, 0.2) is 0 Å². The van der Waals surface area contributed by atoms with E-state index in [4.69, 9.17) is 10.8 Å². The zero-order valence-corrected chi connectivity index (χ0v) is 11.1. The average molecular weight is 274 g/mol. The summed E-state index contributed by atoms with van der Waals surface area (Å²) in [5.74, 6) is -1.66. The molecule has 0 bridgehead atoms. The van der Waals surface area contributed by atoms with Gasteiger partial charge < -0.3 is 16.2 Å². The molecular weight excluding hydrogens is 256 g/mol. The molecule has 0 fully saturated rings. The van der Waals surface area contributed by atoms with E-state index in [0.717, 1.165) is 23.2 Å².